The molecule has 1 aromatic carbocycles. The lowest BCUT2D eigenvalue weighted by Crippen LogP contribution is -2.33. The normalized spacial score (nSPS) is 17.2. The van der Waals surface area contributed by atoms with Crippen LogP contribution in [-0.4, -0.2) is 37.0 Å². The molecule has 7 nitrogen and oxygen atoms in total. The predicted molar refractivity (Wildman–Crippen MR) is 145 cm³/mol. The average Bonchev–Trinajstić information content (AvgIpc) is 3.49. The quantitative estimate of drug-likeness (QED) is 0.328. The van der Waals surface area contributed by atoms with Crippen LogP contribution in [-0.2, 0) is 4.79 Å². The highest BCUT2D eigenvalue weighted by Crippen LogP contribution is 2.39. The van der Waals surface area contributed by atoms with Crippen molar-refractivity contribution in [3.8, 4) is 5.82 Å². The summed E-state index contributed by atoms with van der Waals surface area (Å²) in [6.45, 7) is 2.46. The number of anilines is 1. The topological polar surface area (TPSA) is 75.1 Å². The minimum atomic E-state index is -0.202. The zero-order chi connectivity index (χ0) is 25.1. The number of halogens is 1. The van der Waals surface area contributed by atoms with Gasteiger partial charge in [0, 0.05) is 42.9 Å². The molecule has 4 heterocycles. The molecule has 0 spiro atoms. The average molecular weight is 517 g/mol. The smallest absolute Gasteiger partial charge is 0.226 e. The molecule has 1 aliphatic heterocycles. The number of amides is 1. The van der Waals surface area contributed by atoms with Crippen LogP contribution in [0.1, 0.15) is 35.5 Å². The molecule has 0 saturated carbocycles. The van der Waals surface area contributed by atoms with Crippen LogP contribution < -0.4 is 10.6 Å². The molecule has 1 saturated heterocycles. The summed E-state index contributed by atoms with van der Waals surface area (Å²) < 4.78 is 2.02. The molecule has 182 valence electrons. The summed E-state index contributed by atoms with van der Waals surface area (Å²) in [4.78, 5) is 23.9. The fraction of sp³-hybridized carbons (Fsp3) is 0.185. The Kier molecular flexibility index (Phi) is 6.97. The van der Waals surface area contributed by atoms with Crippen molar-refractivity contribution in [2.24, 2.45) is 0 Å². The molecule has 36 heavy (non-hydrogen) atoms. The maximum Gasteiger partial charge on any atom is 0.226 e. The number of pyridine rings is 2. The van der Waals surface area contributed by atoms with Gasteiger partial charge in [-0.15, -0.1) is 0 Å². The fourth-order valence-corrected chi connectivity index (χ4v) is 4.85. The highest BCUT2D eigenvalue weighted by molar-refractivity contribution is 7.80. The van der Waals surface area contributed by atoms with Gasteiger partial charge >= 0.3 is 0 Å². The van der Waals surface area contributed by atoms with Gasteiger partial charge in [0.2, 0.25) is 5.91 Å². The van der Waals surface area contributed by atoms with Crippen molar-refractivity contribution in [3.05, 3.63) is 107 Å². The van der Waals surface area contributed by atoms with Crippen LogP contribution in [0.5, 0.6) is 0 Å². The van der Waals surface area contributed by atoms with Gasteiger partial charge in [-0.25, -0.2) is 4.98 Å². The lowest BCUT2D eigenvalue weighted by atomic mass is 10.0. The molecule has 3 aromatic heterocycles. The Balaban J connectivity index is 1.43. The Morgan fingerprint density at radius 2 is 1.92 bits per heavy atom. The highest BCUT2D eigenvalue weighted by Gasteiger charge is 2.41. The number of hydrogen-bond donors (Lipinski definition) is 2. The first-order valence-electron chi connectivity index (χ1n) is 11.6. The van der Waals surface area contributed by atoms with E-state index in [1.165, 1.54) is 0 Å². The summed E-state index contributed by atoms with van der Waals surface area (Å²) in [6.07, 6.45) is 5.64. The highest BCUT2D eigenvalue weighted by atomic mass is 35.5. The van der Waals surface area contributed by atoms with E-state index in [0.717, 1.165) is 28.5 Å². The van der Waals surface area contributed by atoms with Gasteiger partial charge in [0.1, 0.15) is 5.82 Å². The second-order valence-electron chi connectivity index (χ2n) is 8.62. The Hall–Kier alpha value is -3.75. The van der Waals surface area contributed by atoms with Crippen LogP contribution in [0.25, 0.3) is 5.82 Å². The molecule has 2 atom stereocenters. The first kappa shape index (κ1) is 24.0. The van der Waals surface area contributed by atoms with E-state index in [0.29, 0.717) is 16.7 Å². The van der Waals surface area contributed by atoms with Crippen molar-refractivity contribution < 1.29 is 4.79 Å². The number of nitrogens with one attached hydrogen (secondary N) is 2. The van der Waals surface area contributed by atoms with E-state index in [1.807, 2.05) is 84.4 Å². The van der Waals surface area contributed by atoms with Gasteiger partial charge in [-0.3, -0.25) is 9.78 Å². The second-order valence-corrected chi connectivity index (χ2v) is 9.45. The van der Waals surface area contributed by atoms with E-state index in [1.54, 1.807) is 12.4 Å². The van der Waals surface area contributed by atoms with Crippen LogP contribution in [0.2, 0.25) is 5.02 Å². The zero-order valence-corrected chi connectivity index (χ0v) is 21.2. The number of aromatic nitrogens is 3. The standard InChI is InChI=1S/C27H25ClN6OS/c1-18-7-10-20(11-8-18)31-24(35)13-16-34-26(25(32-27(34)36)21-5-2-3-14-29-21)22-6-4-15-33(22)23-12-9-19(28)17-30-23/h2-12,14-15,17,25-26H,13,16H2,1H3,(H,31,35)(H,32,36)/t25-,26-/m0/s1. The lowest BCUT2D eigenvalue weighted by molar-refractivity contribution is -0.116. The number of hydrogen-bond acceptors (Lipinski definition) is 4. The third-order valence-electron chi connectivity index (χ3n) is 6.15. The van der Waals surface area contributed by atoms with Gasteiger partial charge in [0.15, 0.2) is 5.11 Å². The summed E-state index contributed by atoms with van der Waals surface area (Å²) in [6, 6.07) is 20.9. The zero-order valence-electron chi connectivity index (χ0n) is 19.6. The first-order chi connectivity index (χ1) is 17.5. The van der Waals surface area contributed by atoms with Gasteiger partial charge in [0.05, 0.1) is 22.8 Å². The minimum absolute atomic E-state index is 0.0727. The molecule has 0 radical (unpaired) electrons. The van der Waals surface area contributed by atoms with Crippen LogP contribution in [0.4, 0.5) is 5.69 Å². The van der Waals surface area contributed by atoms with Crippen LogP contribution in [0.15, 0.2) is 85.3 Å². The molecule has 0 unspecified atom stereocenters. The van der Waals surface area contributed by atoms with E-state index < -0.39 is 0 Å². The van der Waals surface area contributed by atoms with Crippen molar-refractivity contribution in [2.45, 2.75) is 25.4 Å². The second kappa shape index (κ2) is 10.5. The third-order valence-corrected chi connectivity index (χ3v) is 6.73. The molecule has 1 amide bonds. The number of thiocarbonyl (C=S) groups is 1. The number of benzene rings is 1. The molecule has 2 N–H and O–H groups in total. The summed E-state index contributed by atoms with van der Waals surface area (Å²) in [5, 5.41) is 7.56. The molecule has 1 fully saturated rings. The number of rotatable bonds is 7. The van der Waals surface area contributed by atoms with E-state index in [2.05, 4.69) is 25.5 Å². The fourth-order valence-electron chi connectivity index (χ4n) is 4.40. The maximum atomic E-state index is 12.8. The molecular formula is C27H25ClN6OS. The summed E-state index contributed by atoms with van der Waals surface area (Å²) in [5.41, 5.74) is 3.77. The molecular weight excluding hydrogens is 492 g/mol. The van der Waals surface area contributed by atoms with Crippen molar-refractivity contribution in [1.29, 1.82) is 0 Å². The number of carbonyl (C=O) groups is 1. The maximum absolute atomic E-state index is 12.8. The summed E-state index contributed by atoms with van der Waals surface area (Å²) in [7, 11) is 0. The molecule has 1 aliphatic rings. The number of nitrogens with zero attached hydrogens (tertiary/aromatic N) is 4. The SMILES string of the molecule is Cc1ccc(NC(=O)CCN2C(=S)N[C@@H](c3ccccn3)[C@@H]2c2cccn2-c2ccc(Cl)cn2)cc1. The van der Waals surface area contributed by atoms with E-state index in [-0.39, 0.29) is 24.4 Å². The minimum Gasteiger partial charge on any atom is -0.352 e. The monoisotopic (exact) mass is 516 g/mol. The van der Waals surface area contributed by atoms with Crippen molar-refractivity contribution in [2.75, 3.05) is 11.9 Å². The molecule has 5 rings (SSSR count). The molecule has 4 aromatic rings. The number of aryl methyl sites for hydroxylation is 1. The third kappa shape index (κ3) is 5.10. The molecule has 9 heteroatoms. The van der Waals surface area contributed by atoms with Gasteiger partial charge < -0.3 is 20.1 Å². The first-order valence-corrected chi connectivity index (χ1v) is 12.4. The van der Waals surface area contributed by atoms with Crippen molar-refractivity contribution in [1.82, 2.24) is 24.8 Å². The Labute approximate surface area is 220 Å². The molecule has 0 bridgehead atoms. The van der Waals surface area contributed by atoms with E-state index in [9.17, 15) is 4.79 Å². The van der Waals surface area contributed by atoms with Crippen LogP contribution >= 0.6 is 23.8 Å². The van der Waals surface area contributed by atoms with Gasteiger partial charge in [0.25, 0.3) is 0 Å². The van der Waals surface area contributed by atoms with E-state index >= 15 is 0 Å². The Bertz CT molecular complexity index is 1360. The largest absolute Gasteiger partial charge is 0.352 e. The van der Waals surface area contributed by atoms with Crippen LogP contribution in [0.3, 0.4) is 0 Å². The van der Waals surface area contributed by atoms with Gasteiger partial charge in [-0.1, -0.05) is 35.4 Å². The Morgan fingerprint density at radius 3 is 2.64 bits per heavy atom. The van der Waals surface area contributed by atoms with Crippen LogP contribution in [0, 0.1) is 6.92 Å². The lowest BCUT2D eigenvalue weighted by Gasteiger charge is -2.28. The van der Waals surface area contributed by atoms with Gasteiger partial charge in [-0.2, -0.15) is 0 Å². The molecule has 0 aliphatic carbocycles. The summed E-state index contributed by atoms with van der Waals surface area (Å²) >= 11 is 11.8. The Morgan fingerprint density at radius 1 is 1.08 bits per heavy atom. The van der Waals surface area contributed by atoms with E-state index in [4.69, 9.17) is 23.8 Å². The summed E-state index contributed by atoms with van der Waals surface area (Å²) in [5.74, 6) is 0.672. The van der Waals surface area contributed by atoms with Crippen molar-refractivity contribution in [3.63, 3.8) is 0 Å². The van der Waals surface area contributed by atoms with Crippen molar-refractivity contribution >= 4 is 40.5 Å². The van der Waals surface area contributed by atoms with Gasteiger partial charge in [-0.05, 0) is 67.7 Å². The predicted octanol–water partition coefficient (Wildman–Crippen LogP) is 5.23. The number of carbonyl (C=O) groups excluding carboxylic acids is 1.